The fourth-order valence-corrected chi connectivity index (χ4v) is 2.58. The van der Waals surface area contributed by atoms with E-state index in [-0.39, 0.29) is 31.2 Å². The lowest BCUT2D eigenvalue weighted by molar-refractivity contribution is -0.251. The Bertz CT molecular complexity index is 452. The Kier molecular flexibility index (Phi) is 4.14. The normalized spacial score (nSPS) is 31.1. The lowest BCUT2D eigenvalue weighted by atomic mass is 10.1. The maximum atomic E-state index is 9.22. The Morgan fingerprint density at radius 1 is 1.35 bits per heavy atom. The summed E-state index contributed by atoms with van der Waals surface area (Å²) in [6, 6.07) is 9.94. The molecule has 5 nitrogen and oxygen atoms in total. The molecular weight excluding hydrogens is 258 g/mol. The molecule has 2 aliphatic heterocycles. The summed E-state index contributed by atoms with van der Waals surface area (Å²) in [7, 11) is 0. The third-order valence-corrected chi connectivity index (χ3v) is 3.59. The summed E-state index contributed by atoms with van der Waals surface area (Å²) in [4.78, 5) is 5.97. The zero-order chi connectivity index (χ0) is 13.9. The third-order valence-electron chi connectivity index (χ3n) is 3.59. The van der Waals surface area contributed by atoms with Gasteiger partial charge in [0.25, 0.3) is 0 Å². The van der Waals surface area contributed by atoms with Gasteiger partial charge in [0.1, 0.15) is 18.3 Å². The topological polar surface area (TPSA) is 51.2 Å². The van der Waals surface area contributed by atoms with Crippen LogP contribution in [0.5, 0.6) is 0 Å². The number of morpholine rings is 1. The standard InChI is InChI=1S/C15H19NO4/c1-2-12(11-6-4-3-5-7-11)20-16-8-13-14(10-17)19-15(9-16)18-13/h2-7,12-15,17H,1,8-10H2/t12-,13+,14+,15+/m1/s1. The Morgan fingerprint density at radius 2 is 2.15 bits per heavy atom. The van der Waals surface area contributed by atoms with Crippen molar-refractivity contribution in [1.29, 1.82) is 0 Å². The predicted molar refractivity (Wildman–Crippen MR) is 72.7 cm³/mol. The number of aliphatic hydroxyl groups excluding tert-OH is 1. The van der Waals surface area contributed by atoms with Gasteiger partial charge in [0, 0.05) is 0 Å². The molecule has 2 heterocycles. The first-order valence-corrected chi connectivity index (χ1v) is 6.81. The van der Waals surface area contributed by atoms with Gasteiger partial charge in [0.2, 0.25) is 0 Å². The van der Waals surface area contributed by atoms with Gasteiger partial charge in [-0.15, -0.1) is 6.58 Å². The van der Waals surface area contributed by atoms with Crippen molar-refractivity contribution in [2.24, 2.45) is 0 Å². The summed E-state index contributed by atoms with van der Waals surface area (Å²) in [5.41, 5.74) is 1.06. The lowest BCUT2D eigenvalue weighted by Crippen LogP contribution is -2.44. The van der Waals surface area contributed by atoms with Gasteiger partial charge < -0.3 is 14.6 Å². The van der Waals surface area contributed by atoms with E-state index in [1.54, 1.807) is 6.08 Å². The summed E-state index contributed by atoms with van der Waals surface area (Å²) in [5.74, 6) is 0. The quantitative estimate of drug-likeness (QED) is 0.821. The van der Waals surface area contributed by atoms with Crippen LogP contribution in [0.15, 0.2) is 43.0 Å². The third kappa shape index (κ3) is 2.77. The molecule has 0 aliphatic carbocycles. The average Bonchev–Trinajstić information content (AvgIpc) is 2.79. The zero-order valence-electron chi connectivity index (χ0n) is 11.2. The summed E-state index contributed by atoms with van der Waals surface area (Å²) >= 11 is 0. The molecule has 2 bridgehead atoms. The van der Waals surface area contributed by atoms with Crippen molar-refractivity contribution in [3.05, 3.63) is 48.6 Å². The summed E-state index contributed by atoms with van der Waals surface area (Å²) in [5, 5.41) is 11.1. The molecular formula is C15H19NO4. The fraction of sp³-hybridized carbons (Fsp3) is 0.467. The monoisotopic (exact) mass is 277 g/mol. The van der Waals surface area contributed by atoms with Crippen molar-refractivity contribution in [2.75, 3.05) is 19.7 Å². The van der Waals surface area contributed by atoms with Crippen LogP contribution < -0.4 is 0 Å². The molecule has 4 atom stereocenters. The van der Waals surface area contributed by atoms with Gasteiger partial charge in [-0.3, -0.25) is 4.84 Å². The van der Waals surface area contributed by atoms with Crippen molar-refractivity contribution in [3.63, 3.8) is 0 Å². The summed E-state index contributed by atoms with van der Waals surface area (Å²) < 4.78 is 11.2. The van der Waals surface area contributed by atoms with Gasteiger partial charge in [-0.25, -0.2) is 0 Å². The molecule has 3 rings (SSSR count). The molecule has 2 fully saturated rings. The van der Waals surface area contributed by atoms with E-state index in [4.69, 9.17) is 14.3 Å². The predicted octanol–water partition coefficient (Wildman–Crippen LogP) is 1.26. The highest BCUT2D eigenvalue weighted by molar-refractivity contribution is 5.20. The maximum absolute atomic E-state index is 9.22. The van der Waals surface area contributed by atoms with Gasteiger partial charge in [-0.1, -0.05) is 36.4 Å². The van der Waals surface area contributed by atoms with Gasteiger partial charge >= 0.3 is 0 Å². The molecule has 2 aliphatic rings. The Morgan fingerprint density at radius 3 is 2.85 bits per heavy atom. The number of rotatable bonds is 5. The highest BCUT2D eigenvalue weighted by Gasteiger charge is 2.42. The average molecular weight is 277 g/mol. The molecule has 5 heteroatoms. The number of ether oxygens (including phenoxy) is 2. The fourth-order valence-electron chi connectivity index (χ4n) is 2.58. The molecule has 2 saturated heterocycles. The lowest BCUT2D eigenvalue weighted by Gasteiger charge is -2.32. The first-order valence-electron chi connectivity index (χ1n) is 6.81. The Hall–Kier alpha value is -1.24. The molecule has 108 valence electrons. The highest BCUT2D eigenvalue weighted by Crippen LogP contribution is 2.28. The van der Waals surface area contributed by atoms with Crippen LogP contribution in [0.1, 0.15) is 11.7 Å². The first kappa shape index (κ1) is 13.7. The van der Waals surface area contributed by atoms with E-state index in [9.17, 15) is 5.11 Å². The number of nitrogens with zero attached hydrogens (tertiary/aromatic N) is 1. The van der Waals surface area contributed by atoms with Crippen LogP contribution in [-0.2, 0) is 14.3 Å². The van der Waals surface area contributed by atoms with Crippen LogP contribution in [0.2, 0.25) is 0 Å². The van der Waals surface area contributed by atoms with Crippen molar-refractivity contribution in [1.82, 2.24) is 5.06 Å². The first-order chi connectivity index (χ1) is 9.80. The number of hydrogen-bond acceptors (Lipinski definition) is 5. The highest BCUT2D eigenvalue weighted by atomic mass is 16.8. The van der Waals surface area contributed by atoms with Gasteiger partial charge in [0.05, 0.1) is 19.7 Å². The molecule has 1 N–H and O–H groups in total. The van der Waals surface area contributed by atoms with Crippen LogP contribution in [0.3, 0.4) is 0 Å². The van der Waals surface area contributed by atoms with Crippen LogP contribution in [0.25, 0.3) is 0 Å². The SMILES string of the molecule is C=C[C@@H](ON1C[C@@H]2O[C@@H](CO)[C@H](C1)O2)c1ccccc1. The summed E-state index contributed by atoms with van der Waals surface area (Å²) in [6.07, 6.45) is 0.859. The minimum atomic E-state index is -0.327. The number of hydrogen-bond donors (Lipinski definition) is 1. The van der Waals surface area contributed by atoms with E-state index in [0.717, 1.165) is 5.56 Å². The van der Waals surface area contributed by atoms with Crippen LogP contribution >= 0.6 is 0 Å². The number of benzene rings is 1. The number of fused-ring (bicyclic) bond motifs is 2. The van der Waals surface area contributed by atoms with Crippen molar-refractivity contribution in [2.45, 2.75) is 24.6 Å². The molecule has 1 aromatic carbocycles. The van der Waals surface area contributed by atoms with E-state index < -0.39 is 0 Å². The maximum Gasteiger partial charge on any atom is 0.173 e. The molecule has 0 amide bonds. The molecule has 1 aromatic rings. The summed E-state index contributed by atoms with van der Waals surface area (Å²) in [6.45, 7) is 4.92. The Labute approximate surface area is 118 Å². The van der Waals surface area contributed by atoms with Gasteiger partial charge in [-0.2, -0.15) is 5.06 Å². The van der Waals surface area contributed by atoms with Crippen molar-refractivity contribution >= 4 is 0 Å². The van der Waals surface area contributed by atoms with Gasteiger partial charge in [-0.05, 0) is 5.56 Å². The molecule has 20 heavy (non-hydrogen) atoms. The van der Waals surface area contributed by atoms with Crippen LogP contribution in [0, 0.1) is 0 Å². The van der Waals surface area contributed by atoms with Crippen molar-refractivity contribution in [3.8, 4) is 0 Å². The minimum Gasteiger partial charge on any atom is -0.394 e. The van der Waals surface area contributed by atoms with Gasteiger partial charge in [0.15, 0.2) is 6.29 Å². The number of aliphatic hydroxyl groups is 1. The second kappa shape index (κ2) is 6.03. The Balaban J connectivity index is 1.65. The number of hydroxylamine groups is 2. The van der Waals surface area contributed by atoms with Crippen molar-refractivity contribution < 1.29 is 19.4 Å². The molecule has 0 unspecified atom stereocenters. The smallest absolute Gasteiger partial charge is 0.173 e. The zero-order valence-corrected chi connectivity index (χ0v) is 11.2. The van der Waals surface area contributed by atoms with E-state index in [1.807, 2.05) is 35.4 Å². The van der Waals surface area contributed by atoms with Crippen LogP contribution in [-0.4, -0.2) is 48.4 Å². The molecule has 0 aromatic heterocycles. The van der Waals surface area contributed by atoms with E-state index in [0.29, 0.717) is 13.1 Å². The molecule has 0 spiro atoms. The molecule has 0 saturated carbocycles. The second-order valence-electron chi connectivity index (χ2n) is 4.98. The second-order valence-corrected chi connectivity index (χ2v) is 4.98. The van der Waals surface area contributed by atoms with Crippen LogP contribution in [0.4, 0.5) is 0 Å². The van der Waals surface area contributed by atoms with E-state index in [1.165, 1.54) is 0 Å². The minimum absolute atomic E-state index is 0.0292. The van der Waals surface area contributed by atoms with E-state index >= 15 is 0 Å². The molecule has 0 radical (unpaired) electrons. The largest absolute Gasteiger partial charge is 0.394 e. The van der Waals surface area contributed by atoms with E-state index in [2.05, 4.69) is 6.58 Å².